The second-order valence-corrected chi connectivity index (χ2v) is 19.0. The SMILES string of the molecule is C=CCC1/C=C(\C)CC(C)CC(OC)C2OC(O)(C(=O)C(=O)N3CCCCC3C(=O)OC(C(C)=CC3CCC(OC(=O)c4ccccc4)C(OC)C3)C(C)C(O)CC1=O)C(C)CC2OC. The van der Waals surface area contributed by atoms with E-state index < -0.39 is 95.9 Å². The summed E-state index contributed by atoms with van der Waals surface area (Å²) in [5, 5.41) is 24.0. The van der Waals surface area contributed by atoms with Crippen molar-refractivity contribution in [2.24, 2.45) is 29.6 Å². The van der Waals surface area contributed by atoms with Crippen molar-refractivity contribution >= 4 is 29.4 Å². The summed E-state index contributed by atoms with van der Waals surface area (Å²) >= 11 is 0. The van der Waals surface area contributed by atoms with Gasteiger partial charge in [-0.05, 0) is 108 Å². The number of nitrogens with zero attached hydrogens (tertiary/aromatic N) is 1. The minimum Gasteiger partial charge on any atom is -0.456 e. The number of cyclic esters (lactones) is 1. The first-order valence-corrected chi connectivity index (χ1v) is 23.4. The predicted octanol–water partition coefficient (Wildman–Crippen LogP) is 6.50. The summed E-state index contributed by atoms with van der Waals surface area (Å²) in [5.74, 6) is -8.46. The third-order valence-electron chi connectivity index (χ3n) is 14.1. The molecule has 2 saturated heterocycles. The molecule has 14 heteroatoms. The highest BCUT2D eigenvalue weighted by Gasteiger charge is 2.56. The highest BCUT2D eigenvalue weighted by Crippen LogP contribution is 2.39. The second-order valence-electron chi connectivity index (χ2n) is 19.0. The van der Waals surface area contributed by atoms with Gasteiger partial charge >= 0.3 is 11.9 Å². The quantitative estimate of drug-likeness (QED) is 0.156. The van der Waals surface area contributed by atoms with Crippen molar-refractivity contribution in [2.75, 3.05) is 27.9 Å². The fraction of sp³-hybridized carbons (Fsp3) is 0.667. The van der Waals surface area contributed by atoms with E-state index in [1.165, 1.54) is 19.1 Å². The lowest BCUT2D eigenvalue weighted by Crippen LogP contribution is -2.64. The summed E-state index contributed by atoms with van der Waals surface area (Å²) in [7, 11) is 4.62. The number of aliphatic hydroxyl groups is 2. The van der Waals surface area contributed by atoms with Crippen molar-refractivity contribution < 1.29 is 62.6 Å². The molecule has 1 aliphatic carbocycles. The van der Waals surface area contributed by atoms with E-state index in [9.17, 15) is 34.2 Å². The zero-order valence-corrected chi connectivity index (χ0v) is 39.6. The number of ether oxygens (including phenoxy) is 6. The number of ketones is 2. The number of hydrogen-bond acceptors (Lipinski definition) is 13. The Morgan fingerprint density at radius 1 is 0.908 bits per heavy atom. The van der Waals surface area contributed by atoms with Gasteiger partial charge < -0.3 is 43.5 Å². The highest BCUT2D eigenvalue weighted by atomic mass is 16.7. The number of allylic oxidation sites excluding steroid dienone is 4. The maximum atomic E-state index is 14.5. The standard InChI is InChI=1S/C51H73NO13/c1-10-16-37-24-30(2)23-31(3)25-43(61-8)46-44(62-9)27-33(5)51(59,65-46)47(55)48(56)52-22-15-14-19-38(52)50(58)64-45(34(6)39(53)29-40(37)54)32(4)26-35-20-21-41(42(28-35)60-7)63-49(57)36-17-12-11-13-18-36/h10-13,17-18,24,26,31,33-35,37-39,41-46,53,59H,1,14-16,19-23,25,27-29H2,2-9H3/b30-24+,32-26?. The smallest absolute Gasteiger partial charge is 0.338 e. The largest absolute Gasteiger partial charge is 0.456 e. The zero-order chi connectivity index (χ0) is 47.6. The Hall–Kier alpha value is -4.05. The van der Waals surface area contributed by atoms with Crippen molar-refractivity contribution in [1.29, 1.82) is 0 Å². The number of amides is 1. The van der Waals surface area contributed by atoms with Crippen LogP contribution in [-0.4, -0.2) is 127 Å². The van der Waals surface area contributed by atoms with Crippen LogP contribution in [0.5, 0.6) is 0 Å². The third-order valence-corrected chi connectivity index (χ3v) is 14.1. The lowest BCUT2D eigenvalue weighted by Gasteiger charge is -2.47. The Morgan fingerprint density at radius 2 is 1.58 bits per heavy atom. The normalized spacial score (nSPS) is 37.2. The van der Waals surface area contributed by atoms with Gasteiger partial charge in [-0.15, -0.1) is 6.58 Å². The van der Waals surface area contributed by atoms with Gasteiger partial charge in [0, 0.05) is 52.0 Å². The van der Waals surface area contributed by atoms with Crippen LogP contribution in [0, 0.1) is 29.6 Å². The molecule has 3 heterocycles. The van der Waals surface area contributed by atoms with E-state index in [1.54, 1.807) is 51.3 Å². The van der Waals surface area contributed by atoms with Crippen LogP contribution in [0.15, 0.2) is 66.3 Å². The second kappa shape index (κ2) is 23.6. The monoisotopic (exact) mass is 908 g/mol. The molecule has 14 unspecified atom stereocenters. The lowest BCUT2D eigenvalue weighted by atomic mass is 9.81. The van der Waals surface area contributed by atoms with Crippen LogP contribution < -0.4 is 0 Å². The lowest BCUT2D eigenvalue weighted by molar-refractivity contribution is -0.302. The van der Waals surface area contributed by atoms with Crippen molar-refractivity contribution in [1.82, 2.24) is 4.90 Å². The molecular formula is C51H73NO13. The molecule has 360 valence electrons. The van der Waals surface area contributed by atoms with Gasteiger partial charge in [0.2, 0.25) is 5.79 Å². The molecule has 0 spiro atoms. The van der Waals surface area contributed by atoms with Crippen LogP contribution in [0.4, 0.5) is 0 Å². The number of benzene rings is 1. The Morgan fingerprint density at radius 3 is 2.25 bits per heavy atom. The maximum absolute atomic E-state index is 14.5. The molecule has 1 amide bonds. The molecule has 2 N–H and O–H groups in total. The number of hydrogen-bond donors (Lipinski definition) is 2. The third kappa shape index (κ3) is 12.7. The minimum atomic E-state index is -2.53. The van der Waals surface area contributed by atoms with E-state index in [-0.39, 0.29) is 43.4 Å². The van der Waals surface area contributed by atoms with Gasteiger partial charge in [-0.2, -0.15) is 0 Å². The number of aliphatic hydroxyl groups excluding tert-OH is 1. The van der Waals surface area contributed by atoms with Crippen LogP contribution in [-0.2, 0) is 47.6 Å². The Balaban J connectivity index is 1.49. The molecule has 14 nitrogen and oxygen atoms in total. The molecule has 0 radical (unpaired) electrons. The van der Waals surface area contributed by atoms with E-state index in [2.05, 4.69) is 6.58 Å². The summed E-state index contributed by atoms with van der Waals surface area (Å²) in [5.41, 5.74) is 2.01. The Bertz CT molecular complexity index is 1880. The van der Waals surface area contributed by atoms with Crippen LogP contribution in [0.25, 0.3) is 0 Å². The molecule has 2 bridgehead atoms. The van der Waals surface area contributed by atoms with Gasteiger partial charge in [0.05, 0.1) is 30.0 Å². The van der Waals surface area contributed by atoms with E-state index >= 15 is 0 Å². The molecule has 14 atom stereocenters. The van der Waals surface area contributed by atoms with E-state index in [1.807, 2.05) is 39.0 Å². The Kier molecular flexibility index (Phi) is 18.9. The summed E-state index contributed by atoms with van der Waals surface area (Å²) in [4.78, 5) is 71.4. The predicted molar refractivity (Wildman–Crippen MR) is 242 cm³/mol. The Labute approximate surface area is 385 Å². The van der Waals surface area contributed by atoms with E-state index in [4.69, 9.17) is 28.4 Å². The van der Waals surface area contributed by atoms with Crippen molar-refractivity contribution in [3.63, 3.8) is 0 Å². The number of piperidine rings is 1. The summed E-state index contributed by atoms with van der Waals surface area (Å²) in [6.07, 6.45) is 4.58. The molecule has 1 saturated carbocycles. The molecule has 1 aromatic carbocycles. The van der Waals surface area contributed by atoms with Gasteiger partial charge in [0.15, 0.2) is 0 Å². The van der Waals surface area contributed by atoms with Gasteiger partial charge in [-0.1, -0.05) is 62.8 Å². The number of carbonyl (C=O) groups is 5. The molecule has 65 heavy (non-hydrogen) atoms. The fourth-order valence-electron chi connectivity index (χ4n) is 10.3. The minimum absolute atomic E-state index is 0.00685. The van der Waals surface area contributed by atoms with Gasteiger partial charge in [-0.25, -0.2) is 9.59 Å². The molecular weight excluding hydrogens is 835 g/mol. The van der Waals surface area contributed by atoms with Crippen LogP contribution in [0.2, 0.25) is 0 Å². The van der Waals surface area contributed by atoms with Crippen molar-refractivity contribution in [3.05, 3.63) is 71.8 Å². The first kappa shape index (κ1) is 51.9. The summed E-state index contributed by atoms with van der Waals surface area (Å²) in [6.45, 7) is 13.1. The fourth-order valence-corrected chi connectivity index (χ4v) is 10.3. The van der Waals surface area contributed by atoms with Crippen molar-refractivity contribution in [2.45, 2.75) is 160 Å². The average molecular weight is 908 g/mol. The van der Waals surface area contributed by atoms with Gasteiger partial charge in [0.1, 0.15) is 30.1 Å². The number of rotatable bonds is 9. The van der Waals surface area contributed by atoms with E-state index in [0.717, 1.165) is 5.57 Å². The molecule has 5 rings (SSSR count). The van der Waals surface area contributed by atoms with Crippen LogP contribution >= 0.6 is 0 Å². The van der Waals surface area contributed by atoms with Crippen molar-refractivity contribution in [3.8, 4) is 0 Å². The molecule has 4 aliphatic rings. The van der Waals surface area contributed by atoms with E-state index in [0.29, 0.717) is 62.5 Å². The number of esters is 2. The molecule has 0 aromatic heterocycles. The van der Waals surface area contributed by atoms with Crippen LogP contribution in [0.1, 0.15) is 116 Å². The maximum Gasteiger partial charge on any atom is 0.338 e. The first-order valence-electron chi connectivity index (χ1n) is 23.4. The zero-order valence-electron chi connectivity index (χ0n) is 39.6. The highest BCUT2D eigenvalue weighted by molar-refractivity contribution is 6.39. The number of carbonyl (C=O) groups excluding carboxylic acids is 5. The average Bonchev–Trinajstić information content (AvgIpc) is 3.29. The summed E-state index contributed by atoms with van der Waals surface area (Å²) < 4.78 is 36.1. The van der Waals surface area contributed by atoms with Gasteiger partial charge in [-0.3, -0.25) is 14.4 Å². The molecule has 1 aromatic rings. The van der Waals surface area contributed by atoms with Gasteiger partial charge in [0.25, 0.3) is 11.7 Å². The first-order chi connectivity index (χ1) is 30.9. The molecule has 3 fully saturated rings. The number of Topliss-reactive ketones (excluding diaryl/α,β-unsaturated/α-hetero) is 2. The number of fused-ring (bicyclic) bond motifs is 3. The molecule has 3 aliphatic heterocycles. The number of methoxy groups -OCH3 is 3. The summed E-state index contributed by atoms with van der Waals surface area (Å²) in [6, 6.07) is 7.59. The van der Waals surface area contributed by atoms with Crippen LogP contribution in [0.3, 0.4) is 0 Å². The topological polar surface area (TPSA) is 184 Å².